The van der Waals surface area contributed by atoms with Crippen molar-refractivity contribution >= 4 is 0 Å². The Hall–Kier alpha value is -0.590. The number of nitriles is 1. The van der Waals surface area contributed by atoms with E-state index in [9.17, 15) is 0 Å². The molecule has 0 aromatic heterocycles. The lowest BCUT2D eigenvalue weighted by Crippen LogP contribution is -2.47. The van der Waals surface area contributed by atoms with Crippen molar-refractivity contribution in [1.29, 1.82) is 5.26 Å². The Labute approximate surface area is 79.5 Å². The molecule has 2 unspecified atom stereocenters. The molecule has 2 rings (SSSR count). The quantitative estimate of drug-likeness (QED) is 0.684. The molecule has 3 nitrogen and oxygen atoms in total. The Kier molecular flexibility index (Phi) is 2.52. The summed E-state index contributed by atoms with van der Waals surface area (Å²) in [5.74, 6) is 0. The van der Waals surface area contributed by atoms with Crippen LogP contribution in [0, 0.1) is 11.3 Å². The third-order valence-corrected chi connectivity index (χ3v) is 3.40. The Bertz CT molecular complexity index is 207. The van der Waals surface area contributed by atoms with Crippen LogP contribution in [-0.2, 0) is 0 Å². The normalized spacial score (nSPS) is 38.9. The number of nitrogens with zero attached hydrogens (tertiary/aromatic N) is 2. The van der Waals surface area contributed by atoms with Gasteiger partial charge >= 0.3 is 0 Å². The van der Waals surface area contributed by atoms with E-state index in [1.54, 1.807) is 0 Å². The monoisotopic (exact) mass is 179 g/mol. The molecule has 2 heterocycles. The molecule has 3 heteroatoms. The summed E-state index contributed by atoms with van der Waals surface area (Å²) >= 11 is 0. The van der Waals surface area contributed by atoms with Crippen molar-refractivity contribution in [3.63, 3.8) is 0 Å². The summed E-state index contributed by atoms with van der Waals surface area (Å²) < 4.78 is 0. The van der Waals surface area contributed by atoms with Crippen molar-refractivity contribution < 1.29 is 0 Å². The van der Waals surface area contributed by atoms with Crippen molar-refractivity contribution in [3.05, 3.63) is 0 Å². The number of rotatable bonds is 2. The summed E-state index contributed by atoms with van der Waals surface area (Å²) in [6, 6.07) is 4.00. The van der Waals surface area contributed by atoms with Crippen LogP contribution < -0.4 is 5.73 Å². The molecular formula is C10H17N3. The van der Waals surface area contributed by atoms with Crippen molar-refractivity contribution in [2.24, 2.45) is 5.73 Å². The lowest BCUT2D eigenvalue weighted by atomic mass is 9.98. The van der Waals surface area contributed by atoms with E-state index >= 15 is 0 Å². The average molecular weight is 179 g/mol. The maximum Gasteiger partial charge on any atom is 0.0635 e. The molecule has 72 valence electrons. The maximum atomic E-state index is 8.54. The van der Waals surface area contributed by atoms with Gasteiger partial charge in [-0.25, -0.2) is 0 Å². The SMILES string of the molecule is N#CCCN1C2CCC1CC(N)C2. The molecule has 0 aliphatic carbocycles. The van der Waals surface area contributed by atoms with Crippen LogP contribution in [0.1, 0.15) is 32.1 Å². The number of piperidine rings is 1. The first-order valence-corrected chi connectivity index (χ1v) is 5.19. The van der Waals surface area contributed by atoms with E-state index < -0.39 is 0 Å². The van der Waals surface area contributed by atoms with Gasteiger partial charge in [0.15, 0.2) is 0 Å². The zero-order valence-electron chi connectivity index (χ0n) is 7.95. The molecule has 0 radical (unpaired) electrons. The minimum atomic E-state index is 0.413. The fraction of sp³-hybridized carbons (Fsp3) is 0.900. The van der Waals surface area contributed by atoms with Crippen molar-refractivity contribution in [2.45, 2.75) is 50.2 Å². The highest BCUT2D eigenvalue weighted by atomic mass is 15.2. The van der Waals surface area contributed by atoms with Gasteiger partial charge in [0, 0.05) is 31.1 Å². The second-order valence-corrected chi connectivity index (χ2v) is 4.26. The van der Waals surface area contributed by atoms with Gasteiger partial charge in [-0.3, -0.25) is 4.90 Å². The standard InChI is InChI=1S/C10H17N3/c11-4-1-5-13-9-2-3-10(13)7-8(12)6-9/h8-10H,1-3,5-7,12H2. The molecule has 2 fully saturated rings. The van der Waals surface area contributed by atoms with Crippen LogP contribution in [-0.4, -0.2) is 29.6 Å². The van der Waals surface area contributed by atoms with Gasteiger partial charge in [-0.15, -0.1) is 0 Å². The summed E-state index contributed by atoms with van der Waals surface area (Å²) in [5, 5.41) is 8.54. The molecule has 2 bridgehead atoms. The van der Waals surface area contributed by atoms with E-state index in [4.69, 9.17) is 11.0 Å². The van der Waals surface area contributed by atoms with Gasteiger partial charge in [0.2, 0.25) is 0 Å². The van der Waals surface area contributed by atoms with E-state index in [2.05, 4.69) is 11.0 Å². The Morgan fingerprint density at radius 3 is 2.46 bits per heavy atom. The predicted molar refractivity (Wildman–Crippen MR) is 51.0 cm³/mol. The van der Waals surface area contributed by atoms with Gasteiger partial charge in [-0.1, -0.05) is 0 Å². The first-order valence-electron chi connectivity index (χ1n) is 5.19. The van der Waals surface area contributed by atoms with Gasteiger partial charge in [0.1, 0.15) is 0 Å². The van der Waals surface area contributed by atoms with Crippen molar-refractivity contribution in [3.8, 4) is 6.07 Å². The van der Waals surface area contributed by atoms with Crippen molar-refractivity contribution in [2.75, 3.05) is 6.54 Å². The largest absolute Gasteiger partial charge is 0.328 e. The van der Waals surface area contributed by atoms with Gasteiger partial charge in [-0.2, -0.15) is 5.26 Å². The molecule has 0 aromatic carbocycles. The topological polar surface area (TPSA) is 53.0 Å². The van der Waals surface area contributed by atoms with Crippen molar-refractivity contribution in [1.82, 2.24) is 4.90 Å². The van der Waals surface area contributed by atoms with E-state index in [0.29, 0.717) is 24.5 Å². The average Bonchev–Trinajstić information content (AvgIpc) is 2.33. The van der Waals surface area contributed by atoms with Crippen LogP contribution in [0.3, 0.4) is 0 Å². The van der Waals surface area contributed by atoms with Crippen LogP contribution in [0.15, 0.2) is 0 Å². The summed E-state index contributed by atoms with van der Waals surface area (Å²) in [6.07, 6.45) is 5.54. The molecule has 0 aromatic rings. The molecule has 2 aliphatic rings. The zero-order chi connectivity index (χ0) is 9.26. The third kappa shape index (κ3) is 1.70. The smallest absolute Gasteiger partial charge is 0.0635 e. The van der Waals surface area contributed by atoms with Gasteiger partial charge in [0.05, 0.1) is 6.07 Å². The van der Waals surface area contributed by atoms with E-state index in [1.807, 2.05) is 0 Å². The van der Waals surface area contributed by atoms with Crippen LogP contribution in [0.5, 0.6) is 0 Å². The van der Waals surface area contributed by atoms with Crippen LogP contribution in [0.4, 0.5) is 0 Å². The minimum absolute atomic E-state index is 0.413. The van der Waals surface area contributed by atoms with Crippen LogP contribution >= 0.6 is 0 Å². The summed E-state index contributed by atoms with van der Waals surface area (Å²) in [4.78, 5) is 2.51. The summed E-state index contributed by atoms with van der Waals surface area (Å²) in [6.45, 7) is 0.957. The Balaban J connectivity index is 1.95. The molecule has 0 spiro atoms. The molecule has 2 aliphatic heterocycles. The first kappa shape index (κ1) is 8.98. The Morgan fingerprint density at radius 1 is 1.31 bits per heavy atom. The van der Waals surface area contributed by atoms with Gasteiger partial charge in [0.25, 0.3) is 0 Å². The van der Waals surface area contributed by atoms with Gasteiger partial charge in [-0.05, 0) is 25.7 Å². The molecule has 0 amide bonds. The first-order chi connectivity index (χ1) is 6.31. The van der Waals surface area contributed by atoms with E-state index in [-0.39, 0.29) is 0 Å². The van der Waals surface area contributed by atoms with Gasteiger partial charge < -0.3 is 5.73 Å². The number of nitrogens with two attached hydrogens (primary N) is 1. The number of hydrogen-bond acceptors (Lipinski definition) is 3. The molecule has 13 heavy (non-hydrogen) atoms. The Morgan fingerprint density at radius 2 is 1.92 bits per heavy atom. The zero-order valence-corrected chi connectivity index (χ0v) is 7.95. The minimum Gasteiger partial charge on any atom is -0.328 e. The number of fused-ring (bicyclic) bond motifs is 2. The second kappa shape index (κ2) is 3.65. The highest BCUT2D eigenvalue weighted by Crippen LogP contribution is 2.34. The lowest BCUT2D eigenvalue weighted by molar-refractivity contribution is 0.131. The van der Waals surface area contributed by atoms with Crippen LogP contribution in [0.2, 0.25) is 0 Å². The maximum absolute atomic E-state index is 8.54. The molecule has 2 N–H and O–H groups in total. The molecule has 2 saturated heterocycles. The molecular weight excluding hydrogens is 162 g/mol. The fourth-order valence-corrected chi connectivity index (χ4v) is 2.86. The number of hydrogen-bond donors (Lipinski definition) is 1. The molecule has 2 atom stereocenters. The second-order valence-electron chi connectivity index (χ2n) is 4.26. The van der Waals surface area contributed by atoms with E-state index in [1.165, 1.54) is 12.8 Å². The summed E-state index contributed by atoms with van der Waals surface area (Å²) in [5.41, 5.74) is 5.95. The van der Waals surface area contributed by atoms with E-state index in [0.717, 1.165) is 19.4 Å². The highest BCUT2D eigenvalue weighted by Gasteiger charge is 2.38. The predicted octanol–water partition coefficient (Wildman–Crippen LogP) is 0.854. The fourth-order valence-electron chi connectivity index (χ4n) is 2.86. The molecule has 0 saturated carbocycles. The highest BCUT2D eigenvalue weighted by molar-refractivity contribution is 4.97. The third-order valence-electron chi connectivity index (χ3n) is 3.40. The van der Waals surface area contributed by atoms with Crippen LogP contribution in [0.25, 0.3) is 0 Å². The summed E-state index contributed by atoms with van der Waals surface area (Å²) in [7, 11) is 0. The lowest BCUT2D eigenvalue weighted by Gasteiger charge is -2.37.